The van der Waals surface area contributed by atoms with Crippen LogP contribution in [0, 0.1) is 0 Å². The van der Waals surface area contributed by atoms with Crippen LogP contribution in [0.1, 0.15) is 39.5 Å². The van der Waals surface area contributed by atoms with Crippen molar-refractivity contribution < 1.29 is 29.1 Å². The van der Waals surface area contributed by atoms with E-state index in [0.717, 1.165) is 6.08 Å². The maximum absolute atomic E-state index is 12.0. The number of carbonyl (C=O) groups excluding carboxylic acids is 4. The van der Waals surface area contributed by atoms with E-state index in [1.54, 1.807) is 0 Å². The lowest BCUT2D eigenvalue weighted by atomic mass is 9.95. The summed E-state index contributed by atoms with van der Waals surface area (Å²) in [6, 6.07) is 0. The molecule has 0 atom stereocenters. The summed E-state index contributed by atoms with van der Waals surface area (Å²) in [6.45, 7) is 6.06. The normalized spacial score (nSPS) is 10.5. The van der Waals surface area contributed by atoms with Gasteiger partial charge in [-0.25, -0.2) is 0 Å². The summed E-state index contributed by atoms with van der Waals surface area (Å²) in [5.74, 6) is -2.80. The molecule has 0 aromatic carbocycles. The topological polar surface area (TPSA) is 130 Å². The van der Waals surface area contributed by atoms with Crippen LogP contribution in [0.4, 0.5) is 0 Å². The van der Waals surface area contributed by atoms with E-state index in [-0.39, 0.29) is 38.0 Å². The van der Waals surface area contributed by atoms with Gasteiger partial charge in [0.25, 0.3) is 0 Å². The first-order chi connectivity index (χ1) is 10.6. The molecule has 0 aliphatic heterocycles. The Morgan fingerprint density at radius 3 is 2.17 bits per heavy atom. The van der Waals surface area contributed by atoms with Crippen LogP contribution in [0.5, 0.6) is 0 Å². The number of Topliss-reactive ketones (excluding diaryl/α,β-unsaturated/α-hetero) is 2. The number of rotatable bonds is 11. The molecule has 0 radical (unpaired) electrons. The molecule has 3 N–H and O–H groups in total. The highest BCUT2D eigenvalue weighted by Crippen LogP contribution is 2.09. The molecule has 128 valence electrons. The van der Waals surface area contributed by atoms with Crippen LogP contribution in [0.25, 0.3) is 0 Å². The second-order valence-corrected chi connectivity index (χ2v) is 5.45. The average Bonchev–Trinajstić information content (AvgIpc) is 2.47. The quantitative estimate of drug-likeness (QED) is 0.457. The van der Waals surface area contributed by atoms with E-state index in [0.29, 0.717) is 0 Å². The van der Waals surface area contributed by atoms with E-state index in [2.05, 4.69) is 17.2 Å². The molecule has 0 rings (SSSR count). The first kappa shape index (κ1) is 20.5. The van der Waals surface area contributed by atoms with Gasteiger partial charge in [-0.1, -0.05) is 6.58 Å². The molecule has 0 aromatic rings. The third-order valence-corrected chi connectivity index (χ3v) is 3.00. The average molecular weight is 326 g/mol. The number of hydrogen-bond acceptors (Lipinski definition) is 5. The van der Waals surface area contributed by atoms with Crippen molar-refractivity contribution in [2.45, 2.75) is 45.1 Å². The highest BCUT2D eigenvalue weighted by molar-refractivity contribution is 5.97. The molecule has 23 heavy (non-hydrogen) atoms. The lowest BCUT2D eigenvalue weighted by molar-refractivity contribution is -0.138. The number of ketones is 2. The Hall–Kier alpha value is -2.51. The van der Waals surface area contributed by atoms with Gasteiger partial charge >= 0.3 is 5.97 Å². The van der Waals surface area contributed by atoms with Crippen LogP contribution in [0.3, 0.4) is 0 Å². The monoisotopic (exact) mass is 326 g/mol. The van der Waals surface area contributed by atoms with Crippen LogP contribution < -0.4 is 10.6 Å². The highest BCUT2D eigenvalue weighted by atomic mass is 16.4. The number of hydrogen-bond donors (Lipinski definition) is 3. The summed E-state index contributed by atoms with van der Waals surface area (Å²) in [6.07, 6.45) is 0.377. The van der Waals surface area contributed by atoms with E-state index in [4.69, 9.17) is 5.11 Å². The van der Waals surface area contributed by atoms with Crippen LogP contribution >= 0.6 is 0 Å². The van der Waals surface area contributed by atoms with Crippen molar-refractivity contribution in [2.75, 3.05) is 6.54 Å². The molecule has 0 fully saturated rings. The summed E-state index contributed by atoms with van der Waals surface area (Å²) >= 11 is 0. The first-order valence-corrected chi connectivity index (χ1v) is 7.06. The van der Waals surface area contributed by atoms with Gasteiger partial charge in [0.2, 0.25) is 11.8 Å². The summed E-state index contributed by atoms with van der Waals surface area (Å²) < 4.78 is 0. The Labute approximate surface area is 134 Å². The Kier molecular flexibility index (Phi) is 8.46. The first-order valence-electron chi connectivity index (χ1n) is 7.06. The molecule has 0 saturated heterocycles. The van der Waals surface area contributed by atoms with E-state index in [1.807, 2.05) is 0 Å². The number of carboxylic acid groups (broad SMARTS) is 1. The summed E-state index contributed by atoms with van der Waals surface area (Å²) in [7, 11) is 0. The van der Waals surface area contributed by atoms with Gasteiger partial charge in [0, 0.05) is 19.3 Å². The molecule has 0 aliphatic carbocycles. The molecule has 0 saturated carbocycles. The van der Waals surface area contributed by atoms with Crippen molar-refractivity contribution in [3.63, 3.8) is 0 Å². The Bertz CT molecular complexity index is 510. The molecular formula is C15H22N2O6. The van der Waals surface area contributed by atoms with Crippen LogP contribution in [-0.4, -0.2) is 46.5 Å². The smallest absolute Gasteiger partial charge is 0.303 e. The Morgan fingerprint density at radius 2 is 1.65 bits per heavy atom. The summed E-state index contributed by atoms with van der Waals surface area (Å²) in [5.41, 5.74) is -1.12. The molecule has 0 spiro atoms. The molecule has 8 heteroatoms. The van der Waals surface area contributed by atoms with Gasteiger partial charge in [-0.05, 0) is 19.9 Å². The van der Waals surface area contributed by atoms with Crippen molar-refractivity contribution in [2.24, 2.45) is 0 Å². The zero-order valence-corrected chi connectivity index (χ0v) is 13.3. The Balaban J connectivity index is 4.15. The number of amides is 2. The fourth-order valence-electron chi connectivity index (χ4n) is 1.59. The van der Waals surface area contributed by atoms with Gasteiger partial charge in [0.05, 0.1) is 18.5 Å². The second-order valence-electron chi connectivity index (χ2n) is 5.45. The number of aliphatic carboxylic acids is 1. The van der Waals surface area contributed by atoms with Crippen LogP contribution in [0.2, 0.25) is 0 Å². The lowest BCUT2D eigenvalue weighted by Gasteiger charge is -2.23. The van der Waals surface area contributed by atoms with Gasteiger partial charge in [-0.2, -0.15) is 0 Å². The molecule has 0 aromatic heterocycles. The van der Waals surface area contributed by atoms with Crippen molar-refractivity contribution in [1.29, 1.82) is 0 Å². The number of nitrogens with one attached hydrogen (secondary N) is 2. The van der Waals surface area contributed by atoms with Gasteiger partial charge in [-0.3, -0.25) is 24.0 Å². The fourth-order valence-corrected chi connectivity index (χ4v) is 1.59. The third kappa shape index (κ3) is 9.18. The van der Waals surface area contributed by atoms with Crippen molar-refractivity contribution in [3.8, 4) is 0 Å². The minimum absolute atomic E-state index is 0.0976. The van der Waals surface area contributed by atoms with Gasteiger partial charge < -0.3 is 15.7 Å². The van der Waals surface area contributed by atoms with Crippen molar-refractivity contribution in [3.05, 3.63) is 12.7 Å². The predicted octanol–water partition coefficient (Wildman–Crippen LogP) is -0.0334. The fraction of sp³-hybridized carbons (Fsp3) is 0.533. The third-order valence-electron chi connectivity index (χ3n) is 3.00. The molecule has 0 unspecified atom stereocenters. The minimum Gasteiger partial charge on any atom is -0.481 e. The number of carboxylic acids is 1. The largest absolute Gasteiger partial charge is 0.481 e. The number of carbonyl (C=O) groups is 5. The minimum atomic E-state index is -1.12. The van der Waals surface area contributed by atoms with E-state index >= 15 is 0 Å². The van der Waals surface area contributed by atoms with E-state index in [1.165, 1.54) is 13.8 Å². The van der Waals surface area contributed by atoms with Crippen LogP contribution in [0.15, 0.2) is 12.7 Å². The van der Waals surface area contributed by atoms with Crippen LogP contribution in [-0.2, 0) is 24.0 Å². The summed E-state index contributed by atoms with van der Waals surface area (Å²) in [5, 5.41) is 13.2. The van der Waals surface area contributed by atoms with E-state index in [9.17, 15) is 24.0 Å². The molecule has 8 nitrogen and oxygen atoms in total. The van der Waals surface area contributed by atoms with E-state index < -0.39 is 29.1 Å². The van der Waals surface area contributed by atoms with Gasteiger partial charge in [0.1, 0.15) is 0 Å². The Morgan fingerprint density at radius 1 is 1.04 bits per heavy atom. The van der Waals surface area contributed by atoms with Gasteiger partial charge in [0.15, 0.2) is 11.6 Å². The molecule has 0 heterocycles. The standard InChI is InChI=1S/C15H22N2O6/c1-4-12(20)17-15(2,3)11(19)6-7-13(21)16-9-10(18)5-8-14(22)23/h4H,1,5-9H2,2-3H3,(H,16,21)(H,17,20)(H,22,23). The highest BCUT2D eigenvalue weighted by Gasteiger charge is 2.28. The maximum atomic E-state index is 12.0. The molecular weight excluding hydrogens is 304 g/mol. The zero-order valence-electron chi connectivity index (χ0n) is 13.3. The second kappa shape index (κ2) is 9.50. The molecule has 2 amide bonds. The lowest BCUT2D eigenvalue weighted by Crippen LogP contribution is -2.49. The SMILES string of the molecule is C=CC(=O)NC(C)(C)C(=O)CCC(=O)NCC(=O)CCC(=O)O. The maximum Gasteiger partial charge on any atom is 0.303 e. The summed E-state index contributed by atoms with van der Waals surface area (Å²) in [4.78, 5) is 56.4. The molecule has 0 bridgehead atoms. The molecule has 0 aliphatic rings. The zero-order chi connectivity index (χ0) is 18.0. The predicted molar refractivity (Wildman–Crippen MR) is 81.5 cm³/mol. The van der Waals surface area contributed by atoms with Crippen molar-refractivity contribution in [1.82, 2.24) is 10.6 Å². The van der Waals surface area contributed by atoms with Crippen molar-refractivity contribution >= 4 is 29.4 Å². The van der Waals surface area contributed by atoms with Gasteiger partial charge in [-0.15, -0.1) is 0 Å².